The van der Waals surface area contributed by atoms with Crippen molar-refractivity contribution in [1.82, 2.24) is 13.7 Å². The van der Waals surface area contributed by atoms with Crippen LogP contribution < -0.4 is 17.1 Å². The van der Waals surface area contributed by atoms with E-state index in [4.69, 9.17) is 0 Å². The third-order valence-electron chi connectivity index (χ3n) is 4.36. The molecule has 0 aromatic carbocycles. The standard InChI is InChI=1S/C18H27N3O11/c1-4-6-19-16(28)20(7-10(22)5-2)18(30)21(17(19)29)8-11(23)9-32-15(27)13(25)12(24)14(26)31-3/h4,10-13,22-25H,1,5-9H2,2-3H3. The lowest BCUT2D eigenvalue weighted by Gasteiger charge is -2.18. The summed E-state index contributed by atoms with van der Waals surface area (Å²) >= 11 is 0. The van der Waals surface area contributed by atoms with Gasteiger partial charge in [0, 0.05) is 0 Å². The number of ether oxygens (including phenoxy) is 2. The maximum atomic E-state index is 12.6. The molecular formula is C18H27N3O11. The highest BCUT2D eigenvalue weighted by atomic mass is 16.6. The number of rotatable bonds is 12. The maximum Gasteiger partial charge on any atom is 0.338 e. The van der Waals surface area contributed by atoms with E-state index in [1.165, 1.54) is 6.08 Å². The van der Waals surface area contributed by atoms with Crippen molar-refractivity contribution < 1.29 is 39.5 Å². The second kappa shape index (κ2) is 12.1. The lowest BCUT2D eigenvalue weighted by Crippen LogP contribution is -2.56. The van der Waals surface area contributed by atoms with Crippen molar-refractivity contribution in [3.8, 4) is 0 Å². The van der Waals surface area contributed by atoms with Crippen molar-refractivity contribution in [3.63, 3.8) is 0 Å². The van der Waals surface area contributed by atoms with Gasteiger partial charge in [-0.15, -0.1) is 6.58 Å². The Morgan fingerprint density at radius 2 is 1.38 bits per heavy atom. The van der Waals surface area contributed by atoms with E-state index < -0.39 is 73.1 Å². The molecule has 1 aromatic heterocycles. The summed E-state index contributed by atoms with van der Waals surface area (Å²) in [6.07, 6.45) is -5.73. The van der Waals surface area contributed by atoms with Gasteiger partial charge in [-0.05, 0) is 6.42 Å². The largest absolute Gasteiger partial charge is 0.467 e. The number of hydrogen-bond acceptors (Lipinski definition) is 11. The summed E-state index contributed by atoms with van der Waals surface area (Å²) < 4.78 is 10.6. The molecule has 0 aliphatic rings. The predicted octanol–water partition coefficient (Wildman–Crippen LogP) is -4.07. The monoisotopic (exact) mass is 461 g/mol. The Morgan fingerprint density at radius 3 is 1.84 bits per heavy atom. The molecule has 0 aliphatic heterocycles. The number of carbonyl (C=O) groups excluding carboxylic acids is 2. The molecular weight excluding hydrogens is 434 g/mol. The molecule has 14 nitrogen and oxygen atoms in total. The number of esters is 2. The molecule has 0 saturated carbocycles. The van der Waals surface area contributed by atoms with Gasteiger partial charge in [0.2, 0.25) is 0 Å². The summed E-state index contributed by atoms with van der Waals surface area (Å²) in [7, 11) is 0.920. The second-order valence-electron chi connectivity index (χ2n) is 6.73. The van der Waals surface area contributed by atoms with Gasteiger partial charge >= 0.3 is 29.0 Å². The molecule has 0 radical (unpaired) electrons. The number of methoxy groups -OCH3 is 1. The fraction of sp³-hybridized carbons (Fsp3) is 0.611. The summed E-state index contributed by atoms with van der Waals surface area (Å²) in [5.74, 6) is -2.75. The summed E-state index contributed by atoms with van der Waals surface area (Å²) in [5, 5.41) is 38.9. The first-order valence-corrected chi connectivity index (χ1v) is 9.52. The number of aliphatic hydroxyl groups excluding tert-OH is 4. The SMILES string of the molecule is C=CCn1c(=O)n(CC(O)CC)c(=O)n(CC(O)COC(=O)C(O)C(O)C(=O)OC)c1=O. The first-order chi connectivity index (χ1) is 15.0. The van der Waals surface area contributed by atoms with E-state index in [0.717, 1.165) is 7.11 Å². The minimum Gasteiger partial charge on any atom is -0.467 e. The van der Waals surface area contributed by atoms with Crippen molar-refractivity contribution in [2.75, 3.05) is 13.7 Å². The number of allylic oxidation sites excluding steroid dienone is 1. The summed E-state index contributed by atoms with van der Waals surface area (Å²) in [6, 6.07) is 0. The molecule has 4 N–H and O–H groups in total. The van der Waals surface area contributed by atoms with Crippen LogP contribution in [-0.4, -0.2) is 84.2 Å². The van der Waals surface area contributed by atoms with E-state index in [9.17, 15) is 44.4 Å². The Morgan fingerprint density at radius 1 is 0.906 bits per heavy atom. The van der Waals surface area contributed by atoms with Gasteiger partial charge in [-0.2, -0.15) is 0 Å². The molecule has 0 amide bonds. The number of nitrogens with zero attached hydrogens (tertiary/aromatic N) is 3. The zero-order chi connectivity index (χ0) is 24.6. The molecule has 0 saturated heterocycles. The van der Waals surface area contributed by atoms with Crippen LogP contribution in [0.1, 0.15) is 13.3 Å². The van der Waals surface area contributed by atoms with Crippen molar-refractivity contribution >= 4 is 11.9 Å². The highest BCUT2D eigenvalue weighted by Gasteiger charge is 2.32. The maximum absolute atomic E-state index is 12.6. The first kappa shape index (κ1) is 27.0. The van der Waals surface area contributed by atoms with E-state index >= 15 is 0 Å². The number of aromatic nitrogens is 3. The Kier molecular flexibility index (Phi) is 10.2. The van der Waals surface area contributed by atoms with Crippen molar-refractivity contribution in [2.24, 2.45) is 0 Å². The smallest absolute Gasteiger partial charge is 0.338 e. The zero-order valence-electron chi connectivity index (χ0n) is 17.6. The lowest BCUT2D eigenvalue weighted by atomic mass is 10.2. The van der Waals surface area contributed by atoms with E-state index in [2.05, 4.69) is 16.1 Å². The van der Waals surface area contributed by atoms with Crippen molar-refractivity contribution in [1.29, 1.82) is 0 Å². The van der Waals surface area contributed by atoms with Crippen LogP contribution in [-0.2, 0) is 38.7 Å². The van der Waals surface area contributed by atoms with Crippen molar-refractivity contribution in [3.05, 3.63) is 44.1 Å². The van der Waals surface area contributed by atoms with Crippen LogP contribution in [0.25, 0.3) is 0 Å². The fourth-order valence-corrected chi connectivity index (χ4v) is 2.53. The van der Waals surface area contributed by atoms with Crippen LogP contribution in [0, 0.1) is 0 Å². The van der Waals surface area contributed by atoms with Crippen LogP contribution in [0.2, 0.25) is 0 Å². The molecule has 180 valence electrons. The van der Waals surface area contributed by atoms with Gasteiger partial charge in [-0.1, -0.05) is 13.0 Å². The second-order valence-corrected chi connectivity index (χ2v) is 6.73. The lowest BCUT2D eigenvalue weighted by molar-refractivity contribution is -0.173. The quantitative estimate of drug-likeness (QED) is 0.174. The van der Waals surface area contributed by atoms with Gasteiger partial charge in [0.25, 0.3) is 0 Å². The Hall–Kier alpha value is -3.07. The van der Waals surface area contributed by atoms with E-state index in [1.807, 2.05) is 0 Å². The molecule has 4 atom stereocenters. The number of hydrogen-bond donors (Lipinski definition) is 4. The molecule has 0 spiro atoms. The molecule has 1 aromatic rings. The van der Waals surface area contributed by atoms with Crippen LogP contribution in [0.5, 0.6) is 0 Å². The molecule has 1 rings (SSSR count). The average Bonchev–Trinajstić information content (AvgIpc) is 2.78. The summed E-state index contributed by atoms with van der Waals surface area (Å²) in [6.45, 7) is 2.87. The Balaban J connectivity index is 3.10. The third-order valence-corrected chi connectivity index (χ3v) is 4.36. The molecule has 0 aliphatic carbocycles. The molecule has 0 fully saturated rings. The van der Waals surface area contributed by atoms with Crippen LogP contribution in [0.3, 0.4) is 0 Å². The average molecular weight is 461 g/mol. The zero-order valence-corrected chi connectivity index (χ0v) is 17.6. The highest BCUT2D eigenvalue weighted by Crippen LogP contribution is 2.01. The normalized spacial score (nSPS) is 14.8. The van der Waals surface area contributed by atoms with E-state index in [0.29, 0.717) is 13.7 Å². The van der Waals surface area contributed by atoms with Crippen LogP contribution in [0.15, 0.2) is 27.0 Å². The molecule has 0 bridgehead atoms. The highest BCUT2D eigenvalue weighted by molar-refractivity contribution is 5.85. The minimum atomic E-state index is -2.29. The van der Waals surface area contributed by atoms with Gasteiger partial charge in [0.1, 0.15) is 12.7 Å². The topological polar surface area (TPSA) is 200 Å². The van der Waals surface area contributed by atoms with Gasteiger partial charge in [-0.25, -0.2) is 37.7 Å². The first-order valence-electron chi connectivity index (χ1n) is 9.52. The van der Waals surface area contributed by atoms with Crippen LogP contribution in [0.4, 0.5) is 0 Å². The van der Waals surface area contributed by atoms with Crippen LogP contribution >= 0.6 is 0 Å². The molecule has 4 unspecified atom stereocenters. The molecule has 1 heterocycles. The van der Waals surface area contributed by atoms with Crippen molar-refractivity contribution in [2.45, 2.75) is 57.4 Å². The van der Waals surface area contributed by atoms with E-state index in [-0.39, 0.29) is 13.0 Å². The van der Waals surface area contributed by atoms with Gasteiger partial charge < -0.3 is 29.9 Å². The number of carbonyl (C=O) groups is 2. The third kappa shape index (κ3) is 6.46. The molecule has 32 heavy (non-hydrogen) atoms. The predicted molar refractivity (Wildman–Crippen MR) is 107 cm³/mol. The minimum absolute atomic E-state index is 0.227. The summed E-state index contributed by atoms with van der Waals surface area (Å²) in [5.41, 5.74) is -3.13. The summed E-state index contributed by atoms with van der Waals surface area (Å²) in [4.78, 5) is 60.5. The fourth-order valence-electron chi connectivity index (χ4n) is 2.53. The Labute approximate surface area is 181 Å². The Bertz CT molecular complexity index is 993. The van der Waals surface area contributed by atoms with E-state index in [1.54, 1.807) is 6.92 Å². The molecule has 14 heteroatoms. The number of aliphatic hydroxyl groups is 4. The van der Waals surface area contributed by atoms with Gasteiger partial charge in [0.15, 0.2) is 12.2 Å². The van der Waals surface area contributed by atoms with Gasteiger partial charge in [0.05, 0.1) is 32.8 Å². The van der Waals surface area contributed by atoms with Gasteiger partial charge in [-0.3, -0.25) is 0 Å².